The maximum absolute atomic E-state index is 12.3. The van der Waals surface area contributed by atoms with Gasteiger partial charge in [0, 0.05) is 18.6 Å². The molecule has 1 aliphatic rings. The summed E-state index contributed by atoms with van der Waals surface area (Å²) in [5.41, 5.74) is 2.02. The third-order valence-corrected chi connectivity index (χ3v) is 3.25. The number of aromatic nitrogens is 3. The van der Waals surface area contributed by atoms with Crippen molar-refractivity contribution in [1.82, 2.24) is 25.4 Å². The lowest BCUT2D eigenvalue weighted by molar-refractivity contribution is 0.0950. The molecular formula is C15H16N6O. The fraction of sp³-hybridized carbons (Fsp3) is 0.200. The van der Waals surface area contributed by atoms with Gasteiger partial charge in [-0.05, 0) is 31.3 Å². The molecule has 7 heteroatoms. The molecular weight excluding hydrogens is 280 g/mol. The lowest BCUT2D eigenvalue weighted by Gasteiger charge is -2.15. The van der Waals surface area contributed by atoms with Crippen LogP contribution in [-0.4, -0.2) is 39.6 Å². The first-order valence-corrected chi connectivity index (χ1v) is 6.93. The van der Waals surface area contributed by atoms with Crippen LogP contribution in [0.4, 0.5) is 0 Å². The fourth-order valence-electron chi connectivity index (χ4n) is 2.11. The molecule has 2 aromatic heterocycles. The number of hydrogen-bond donors (Lipinski definition) is 2. The van der Waals surface area contributed by atoms with E-state index in [1.807, 2.05) is 19.1 Å². The minimum absolute atomic E-state index is 0.136. The Balaban J connectivity index is 1.69. The molecule has 2 N–H and O–H groups in total. The van der Waals surface area contributed by atoms with Gasteiger partial charge in [0.1, 0.15) is 6.17 Å². The topological polar surface area (TPSA) is 84.2 Å². The van der Waals surface area contributed by atoms with E-state index in [0.29, 0.717) is 17.8 Å². The van der Waals surface area contributed by atoms with Crippen molar-refractivity contribution in [3.63, 3.8) is 0 Å². The number of rotatable bonds is 4. The van der Waals surface area contributed by atoms with Crippen molar-refractivity contribution in [2.75, 3.05) is 6.54 Å². The van der Waals surface area contributed by atoms with Crippen LogP contribution in [0.5, 0.6) is 0 Å². The Morgan fingerprint density at radius 2 is 2.41 bits per heavy atom. The van der Waals surface area contributed by atoms with Crippen LogP contribution in [-0.2, 0) is 0 Å². The summed E-state index contributed by atoms with van der Waals surface area (Å²) >= 11 is 0. The number of amides is 1. The van der Waals surface area contributed by atoms with Gasteiger partial charge >= 0.3 is 0 Å². The zero-order chi connectivity index (χ0) is 15.4. The molecule has 0 saturated carbocycles. The molecule has 1 unspecified atom stereocenters. The lowest BCUT2D eigenvalue weighted by atomic mass is 10.2. The van der Waals surface area contributed by atoms with Crippen molar-refractivity contribution >= 4 is 12.1 Å². The van der Waals surface area contributed by atoms with Crippen LogP contribution in [0.2, 0.25) is 0 Å². The van der Waals surface area contributed by atoms with E-state index in [1.165, 1.54) is 0 Å². The maximum atomic E-state index is 12.3. The Hall–Kier alpha value is -2.96. The average molecular weight is 296 g/mol. The molecule has 2 aromatic rings. The van der Waals surface area contributed by atoms with Crippen LogP contribution in [0.1, 0.15) is 16.1 Å². The Morgan fingerprint density at radius 1 is 1.50 bits per heavy atom. The SMILES string of the molecule is Cc1nn(-c2cccnc2)cc1C(=O)NCC1N=CC=CN1. The summed E-state index contributed by atoms with van der Waals surface area (Å²) in [5, 5.41) is 10.3. The Bertz CT molecular complexity index is 719. The number of nitrogens with zero attached hydrogens (tertiary/aromatic N) is 4. The van der Waals surface area contributed by atoms with Crippen molar-refractivity contribution in [2.45, 2.75) is 13.1 Å². The molecule has 7 nitrogen and oxygen atoms in total. The first kappa shape index (κ1) is 14.0. The number of carbonyl (C=O) groups is 1. The van der Waals surface area contributed by atoms with Crippen molar-refractivity contribution in [2.24, 2.45) is 4.99 Å². The van der Waals surface area contributed by atoms with E-state index in [9.17, 15) is 4.79 Å². The predicted octanol–water partition coefficient (Wildman–Crippen LogP) is 0.819. The van der Waals surface area contributed by atoms with Crippen LogP contribution in [0.25, 0.3) is 5.69 Å². The van der Waals surface area contributed by atoms with Gasteiger partial charge in [0.05, 0.1) is 29.7 Å². The summed E-state index contributed by atoms with van der Waals surface area (Å²) in [5.74, 6) is -0.167. The summed E-state index contributed by atoms with van der Waals surface area (Å²) in [6.07, 6.45) is 10.3. The molecule has 1 aliphatic heterocycles. The summed E-state index contributed by atoms with van der Waals surface area (Å²) in [4.78, 5) is 20.5. The minimum Gasteiger partial charge on any atom is -0.368 e. The van der Waals surface area contributed by atoms with Gasteiger partial charge in [-0.1, -0.05) is 0 Å². The first-order chi connectivity index (χ1) is 10.7. The van der Waals surface area contributed by atoms with E-state index in [-0.39, 0.29) is 12.1 Å². The normalized spacial score (nSPS) is 16.3. The quantitative estimate of drug-likeness (QED) is 0.875. The second kappa shape index (κ2) is 6.21. The second-order valence-corrected chi connectivity index (χ2v) is 4.83. The van der Waals surface area contributed by atoms with E-state index in [4.69, 9.17) is 0 Å². The van der Waals surface area contributed by atoms with E-state index in [0.717, 1.165) is 5.69 Å². The summed E-state index contributed by atoms with van der Waals surface area (Å²) in [6, 6.07) is 3.71. The first-order valence-electron chi connectivity index (χ1n) is 6.93. The highest BCUT2D eigenvalue weighted by atomic mass is 16.1. The van der Waals surface area contributed by atoms with Gasteiger partial charge in [0.2, 0.25) is 0 Å². The van der Waals surface area contributed by atoms with E-state index in [1.54, 1.807) is 41.8 Å². The van der Waals surface area contributed by atoms with Gasteiger partial charge in [-0.25, -0.2) is 4.68 Å². The molecule has 0 fully saturated rings. The Labute approximate surface area is 127 Å². The number of carbonyl (C=O) groups excluding carboxylic acids is 1. The molecule has 0 aliphatic carbocycles. The van der Waals surface area contributed by atoms with Crippen LogP contribution in [0.15, 0.2) is 48.0 Å². The Kier molecular flexibility index (Phi) is 3.95. The number of nitrogens with one attached hydrogen (secondary N) is 2. The largest absolute Gasteiger partial charge is 0.368 e. The zero-order valence-corrected chi connectivity index (χ0v) is 12.1. The highest BCUT2D eigenvalue weighted by Gasteiger charge is 2.15. The van der Waals surface area contributed by atoms with Crippen LogP contribution in [0, 0.1) is 6.92 Å². The standard InChI is InChI=1S/C15H16N6O/c1-11-13(10-21(20-11)12-4-2-5-16-8-12)15(22)19-9-14-17-6-3-7-18-14/h2-8,10,14,17H,9H2,1H3,(H,19,22). The third-order valence-electron chi connectivity index (χ3n) is 3.25. The predicted molar refractivity (Wildman–Crippen MR) is 83.0 cm³/mol. The number of allylic oxidation sites excluding steroid dienone is 1. The summed E-state index contributed by atoms with van der Waals surface area (Å²) < 4.78 is 1.65. The molecule has 112 valence electrons. The molecule has 3 rings (SSSR count). The zero-order valence-electron chi connectivity index (χ0n) is 12.1. The molecule has 0 radical (unpaired) electrons. The number of aryl methyl sites for hydroxylation is 1. The van der Waals surface area contributed by atoms with Gasteiger partial charge < -0.3 is 10.6 Å². The fourth-order valence-corrected chi connectivity index (χ4v) is 2.11. The molecule has 0 saturated heterocycles. The number of pyridine rings is 1. The van der Waals surface area contributed by atoms with Gasteiger partial charge in [0.25, 0.3) is 5.91 Å². The molecule has 0 bridgehead atoms. The second-order valence-electron chi connectivity index (χ2n) is 4.83. The van der Waals surface area contributed by atoms with Crippen molar-refractivity contribution in [3.8, 4) is 5.69 Å². The average Bonchev–Trinajstić information content (AvgIpc) is 2.96. The van der Waals surface area contributed by atoms with E-state index >= 15 is 0 Å². The van der Waals surface area contributed by atoms with Crippen LogP contribution in [0.3, 0.4) is 0 Å². The van der Waals surface area contributed by atoms with Gasteiger partial charge in [-0.2, -0.15) is 5.10 Å². The maximum Gasteiger partial charge on any atom is 0.254 e. The van der Waals surface area contributed by atoms with Crippen LogP contribution >= 0.6 is 0 Å². The Morgan fingerprint density at radius 3 is 3.14 bits per heavy atom. The van der Waals surface area contributed by atoms with Gasteiger partial charge in [0.15, 0.2) is 0 Å². The monoisotopic (exact) mass is 296 g/mol. The summed E-state index contributed by atoms with van der Waals surface area (Å²) in [7, 11) is 0. The van der Waals surface area contributed by atoms with Crippen molar-refractivity contribution < 1.29 is 4.79 Å². The highest BCUT2D eigenvalue weighted by molar-refractivity contribution is 5.95. The van der Waals surface area contributed by atoms with E-state index in [2.05, 4.69) is 25.7 Å². The summed E-state index contributed by atoms with van der Waals surface area (Å²) in [6.45, 7) is 2.22. The highest BCUT2D eigenvalue weighted by Crippen LogP contribution is 2.10. The minimum atomic E-state index is -0.167. The van der Waals surface area contributed by atoms with Gasteiger partial charge in [-0.3, -0.25) is 14.8 Å². The molecule has 0 aromatic carbocycles. The molecule has 3 heterocycles. The molecule has 1 atom stereocenters. The molecule has 0 spiro atoms. The van der Waals surface area contributed by atoms with Crippen molar-refractivity contribution in [1.29, 1.82) is 0 Å². The number of aliphatic imine (C=N–C) groups is 1. The molecule has 1 amide bonds. The number of hydrogen-bond acceptors (Lipinski definition) is 5. The van der Waals surface area contributed by atoms with Crippen LogP contribution < -0.4 is 10.6 Å². The van der Waals surface area contributed by atoms with Gasteiger partial charge in [-0.15, -0.1) is 0 Å². The van der Waals surface area contributed by atoms with Crippen molar-refractivity contribution in [3.05, 3.63) is 54.3 Å². The van der Waals surface area contributed by atoms with E-state index < -0.39 is 0 Å². The smallest absolute Gasteiger partial charge is 0.254 e. The lowest BCUT2D eigenvalue weighted by Crippen LogP contribution is -2.38. The third kappa shape index (κ3) is 3.03. The molecule has 22 heavy (non-hydrogen) atoms.